The van der Waals surface area contributed by atoms with Crippen molar-refractivity contribution < 1.29 is 46.5 Å². The first-order chi connectivity index (χ1) is 37.6. The Morgan fingerprint density at radius 1 is 0.573 bits per heavy atom. The molecule has 0 aliphatic heterocycles. The SMILES string of the molecule is C=CC[C@H](/C=C(\C)C[C@H](C)C[C@H](OC)[C@@H](O[Si](C)(C)C(C)(C)C)[C@H](C[C@@H](C)C(OC)OC)OC)[C@@H](C[C@H](O[Si](C)(C)C(C)(C)C)[C@@H](C)[C@H](O)/C(C)=C/C1CC[C@@H](O[Si](C(C)C)(C(C)C)C(C)C)[C@H](OC)C1)O[Si](C(C)C)(C(C)C)C(C)C. The Balaban J connectivity index is 4.03. The number of allylic oxidation sites excluding steroid dienone is 3. The monoisotopic (exact) mass is 1230 g/mol. The predicted molar refractivity (Wildman–Crippen MR) is 361 cm³/mol. The first-order valence-corrected chi connectivity index (χ1v) is 42.7. The minimum atomic E-state index is -2.46. The second-order valence-corrected chi connectivity index (χ2v) is 51.2. The number of hydrogen-bond acceptors (Lipinski definition) is 10. The van der Waals surface area contributed by atoms with E-state index in [2.05, 4.69) is 210 Å². The summed E-state index contributed by atoms with van der Waals surface area (Å²) in [5.41, 5.74) is 5.02. The second kappa shape index (κ2) is 34.6. The third kappa shape index (κ3) is 21.4. The van der Waals surface area contributed by atoms with Crippen LogP contribution in [0.3, 0.4) is 0 Å². The summed E-state index contributed by atoms with van der Waals surface area (Å²) in [4.78, 5) is 0. The molecule has 1 saturated carbocycles. The Bertz CT molecular complexity index is 1820. The van der Waals surface area contributed by atoms with Gasteiger partial charge in [-0.2, -0.15) is 0 Å². The molecule has 0 aromatic rings. The van der Waals surface area contributed by atoms with Gasteiger partial charge in [-0.3, -0.25) is 0 Å². The van der Waals surface area contributed by atoms with Crippen molar-refractivity contribution in [2.24, 2.45) is 29.6 Å². The molecule has 0 aromatic carbocycles. The molecule has 0 heterocycles. The third-order valence-electron chi connectivity index (χ3n) is 20.8. The van der Waals surface area contributed by atoms with Crippen molar-refractivity contribution in [3.8, 4) is 0 Å². The van der Waals surface area contributed by atoms with Crippen LogP contribution in [0, 0.1) is 29.6 Å². The molecule has 0 aromatic heterocycles. The molecule has 1 fully saturated rings. The summed E-state index contributed by atoms with van der Waals surface area (Å²) in [6, 6.07) is 0. The quantitative estimate of drug-likeness (QED) is 0.0365. The molecular weight excluding hydrogens is 1090 g/mol. The zero-order valence-corrected chi connectivity index (χ0v) is 63.8. The van der Waals surface area contributed by atoms with Crippen molar-refractivity contribution >= 4 is 33.3 Å². The molecule has 0 saturated heterocycles. The number of aliphatic hydroxyl groups excluding tert-OH is 1. The van der Waals surface area contributed by atoms with E-state index in [-0.39, 0.29) is 88.7 Å². The molecule has 0 amide bonds. The van der Waals surface area contributed by atoms with Crippen LogP contribution in [0.4, 0.5) is 0 Å². The van der Waals surface area contributed by atoms with Gasteiger partial charge in [0.25, 0.3) is 0 Å². The first-order valence-electron chi connectivity index (χ1n) is 32.6. The molecule has 0 spiro atoms. The summed E-state index contributed by atoms with van der Waals surface area (Å²) in [6.07, 6.45) is 11.5. The van der Waals surface area contributed by atoms with Crippen molar-refractivity contribution in [3.63, 3.8) is 0 Å². The van der Waals surface area contributed by atoms with Gasteiger partial charge in [-0.05, 0) is 152 Å². The molecule has 1 unspecified atom stereocenters. The van der Waals surface area contributed by atoms with Gasteiger partial charge in [0.05, 0.1) is 48.8 Å². The second-order valence-electron chi connectivity index (χ2n) is 30.9. The summed E-state index contributed by atoms with van der Waals surface area (Å²) >= 11 is 0. The molecule has 0 bridgehead atoms. The summed E-state index contributed by atoms with van der Waals surface area (Å²) in [6.45, 7) is 67.3. The van der Waals surface area contributed by atoms with Crippen molar-refractivity contribution in [1.29, 1.82) is 0 Å². The Morgan fingerprint density at radius 3 is 1.45 bits per heavy atom. The molecule has 1 N–H and O–H groups in total. The van der Waals surface area contributed by atoms with Crippen LogP contribution < -0.4 is 0 Å². The number of methoxy groups -OCH3 is 5. The van der Waals surface area contributed by atoms with Crippen LogP contribution in [0.1, 0.15) is 211 Å². The first kappa shape index (κ1) is 79.7. The van der Waals surface area contributed by atoms with Crippen LogP contribution in [0.2, 0.25) is 69.5 Å². The number of aliphatic hydroxyl groups is 1. The predicted octanol–water partition coefficient (Wildman–Crippen LogP) is 19.3. The van der Waals surface area contributed by atoms with E-state index in [9.17, 15) is 5.11 Å². The van der Waals surface area contributed by atoms with Crippen LogP contribution >= 0.6 is 0 Å². The van der Waals surface area contributed by atoms with Gasteiger partial charge in [0.1, 0.15) is 0 Å². The smallest absolute Gasteiger partial charge is 0.200 e. The zero-order valence-electron chi connectivity index (χ0n) is 59.8. The molecule has 14 heteroatoms. The summed E-state index contributed by atoms with van der Waals surface area (Å²) in [7, 11) is -0.344. The molecule has 10 nitrogen and oxygen atoms in total. The molecular formula is C68H138O10Si4. The Labute approximate surface area is 513 Å². The van der Waals surface area contributed by atoms with E-state index in [0.29, 0.717) is 46.1 Å². The fourth-order valence-corrected chi connectivity index (χ4v) is 28.2. The zero-order chi connectivity index (χ0) is 63.8. The lowest BCUT2D eigenvalue weighted by Crippen LogP contribution is -2.53. The summed E-state index contributed by atoms with van der Waals surface area (Å²) in [5, 5.41) is 12.7. The topological polar surface area (TPSA) is 103 Å². The molecule has 82 heavy (non-hydrogen) atoms. The highest BCUT2D eigenvalue weighted by molar-refractivity contribution is 6.78. The number of rotatable bonds is 38. The third-order valence-corrected chi connectivity index (χ3v) is 42.0. The van der Waals surface area contributed by atoms with Crippen LogP contribution in [0.5, 0.6) is 0 Å². The minimum absolute atomic E-state index is 0.00676. The maximum Gasteiger partial charge on any atom is 0.200 e. The maximum atomic E-state index is 12.8. The van der Waals surface area contributed by atoms with Crippen LogP contribution in [0.25, 0.3) is 0 Å². The number of ether oxygens (including phenoxy) is 5. The van der Waals surface area contributed by atoms with Crippen LogP contribution in [-0.4, -0.2) is 129 Å². The fraction of sp³-hybridized carbons (Fsp3) is 0.912. The van der Waals surface area contributed by atoms with Gasteiger partial charge in [-0.1, -0.05) is 169 Å². The van der Waals surface area contributed by atoms with Gasteiger partial charge in [-0.15, -0.1) is 6.58 Å². The van der Waals surface area contributed by atoms with E-state index in [0.717, 1.165) is 44.1 Å². The van der Waals surface area contributed by atoms with Gasteiger partial charge in [-0.25, -0.2) is 0 Å². The largest absolute Gasteiger partial charge is 0.413 e. The average Bonchev–Trinajstić information content (AvgIpc) is 3.42. The fourth-order valence-electron chi connectivity index (χ4n) is 14.2. The van der Waals surface area contributed by atoms with Crippen LogP contribution in [0.15, 0.2) is 36.0 Å². The van der Waals surface area contributed by atoms with E-state index < -0.39 is 39.4 Å². The van der Waals surface area contributed by atoms with Crippen molar-refractivity contribution in [2.45, 2.75) is 335 Å². The minimum Gasteiger partial charge on any atom is -0.413 e. The van der Waals surface area contributed by atoms with Gasteiger partial charge < -0.3 is 46.5 Å². The van der Waals surface area contributed by atoms with E-state index in [4.69, 9.17) is 41.4 Å². The molecule has 1 aliphatic carbocycles. The van der Waals surface area contributed by atoms with E-state index in [1.165, 1.54) is 5.57 Å². The highest BCUT2D eigenvalue weighted by Gasteiger charge is 2.51. The van der Waals surface area contributed by atoms with Gasteiger partial charge >= 0.3 is 0 Å². The Kier molecular flexibility index (Phi) is 33.6. The molecule has 486 valence electrons. The Morgan fingerprint density at radius 2 is 1.04 bits per heavy atom. The lowest BCUT2D eigenvalue weighted by atomic mass is 9.81. The molecule has 0 radical (unpaired) electrons. The maximum absolute atomic E-state index is 12.8. The van der Waals surface area contributed by atoms with E-state index >= 15 is 0 Å². The highest BCUT2D eigenvalue weighted by atomic mass is 28.4. The number of hydrogen-bond donors (Lipinski definition) is 1. The van der Waals surface area contributed by atoms with Gasteiger partial charge in [0, 0.05) is 53.3 Å². The summed E-state index contributed by atoms with van der Waals surface area (Å²) in [5.74, 6) is 0.448. The normalized spacial score (nSPS) is 21.9. The summed E-state index contributed by atoms with van der Waals surface area (Å²) < 4.78 is 61.1. The van der Waals surface area contributed by atoms with Crippen molar-refractivity contribution in [1.82, 2.24) is 0 Å². The lowest BCUT2D eigenvalue weighted by molar-refractivity contribution is -0.152. The van der Waals surface area contributed by atoms with Gasteiger partial charge in [0.15, 0.2) is 22.9 Å². The molecule has 1 aliphatic rings. The van der Waals surface area contributed by atoms with Crippen molar-refractivity contribution in [3.05, 3.63) is 36.0 Å². The Hall–Kier alpha value is -0.312. The molecule has 13 atom stereocenters. The van der Waals surface area contributed by atoms with Crippen LogP contribution in [-0.2, 0) is 41.4 Å². The lowest BCUT2D eigenvalue weighted by Gasteiger charge is -2.48. The molecule has 1 rings (SSSR count). The van der Waals surface area contributed by atoms with Crippen molar-refractivity contribution in [2.75, 3.05) is 35.5 Å². The van der Waals surface area contributed by atoms with E-state index in [1.54, 1.807) is 21.3 Å². The highest BCUT2D eigenvalue weighted by Crippen LogP contribution is 2.49. The average molecular weight is 1230 g/mol. The van der Waals surface area contributed by atoms with E-state index in [1.807, 2.05) is 14.2 Å². The standard InChI is InChI=1S/C68H138O10Si4/c1-34-35-57(39-51(14)38-52(15)40-62(71-26)65(78-80(32,33)68(22,23)24)63(72-27)42-54(17)66(73-28)74-29)60(77-82(48(8)9,49(10)11)50(12)13)44-59(75-79(30,31)67(19,20)21)55(18)64(69)53(16)41-56-36-37-58(61(43-56)70-25)76-81(45(2)3,46(4)5)47(6)7/h34,39,41,45-50,52,54-66,69H,1,35-38,40,42-44H2,2-33H3/b51-39+,53-41+/t52-,54+,55+,56?,57+,58+,59-,60+,61+,62-,63-,64+,65+/m0/s1. The van der Waals surface area contributed by atoms with Gasteiger partial charge in [0.2, 0.25) is 16.6 Å².